The molecular weight excluding hydrogens is 1220 g/mol. The van der Waals surface area contributed by atoms with Crippen molar-refractivity contribution in [2.45, 2.75) is 385 Å². The molecule has 20 heteroatoms. The van der Waals surface area contributed by atoms with E-state index in [9.17, 15) is 43.5 Å². The molecule has 0 spiro atoms. The van der Waals surface area contributed by atoms with Gasteiger partial charge in [0.05, 0.1) is 12.6 Å². The van der Waals surface area contributed by atoms with E-state index in [0.29, 0.717) is 90.1 Å². The van der Waals surface area contributed by atoms with Gasteiger partial charge in [0, 0.05) is 30.8 Å². The number of rotatable bonds is 72. The summed E-state index contributed by atoms with van der Waals surface area (Å²) in [6.07, 6.45) is 50.0. The van der Waals surface area contributed by atoms with Crippen molar-refractivity contribution in [3.8, 4) is 0 Å². The lowest BCUT2D eigenvalue weighted by Crippen LogP contribution is -2.59. The van der Waals surface area contributed by atoms with Crippen molar-refractivity contribution in [3.63, 3.8) is 0 Å². The van der Waals surface area contributed by atoms with Crippen LogP contribution in [0.25, 0.3) is 0 Å². The van der Waals surface area contributed by atoms with Gasteiger partial charge >= 0.3 is 11.9 Å². The number of hydrogen-bond acceptors (Lipinski definition) is 15. The smallest absolute Gasteiger partial charge is 0.306 e. The topological polar surface area (TPSA) is 313 Å². The Labute approximate surface area is 582 Å². The van der Waals surface area contributed by atoms with Crippen molar-refractivity contribution in [2.75, 3.05) is 44.4 Å². The molecule has 0 fully saturated rings. The van der Waals surface area contributed by atoms with Crippen LogP contribution >= 0.6 is 11.8 Å². The number of aliphatic hydroxyl groups excluding tert-OH is 1. The Morgan fingerprint density at radius 2 is 0.695 bits per heavy atom. The van der Waals surface area contributed by atoms with Gasteiger partial charge in [-0.2, -0.15) is 11.8 Å². The lowest BCUT2D eigenvalue weighted by atomic mass is 10.0. The first-order valence-corrected chi connectivity index (χ1v) is 40.1. The van der Waals surface area contributed by atoms with Gasteiger partial charge in [-0.3, -0.25) is 33.6 Å². The molecule has 5 amide bonds. The van der Waals surface area contributed by atoms with Gasteiger partial charge in [-0.25, -0.2) is 0 Å². The molecule has 0 radical (unpaired) electrons. The molecule has 6 atom stereocenters. The minimum Gasteiger partial charge on any atom is -0.462 e. The number of nitrogens with one attached hydrogen (secondary N) is 5. The molecule has 0 aromatic carbocycles. The second-order valence-electron chi connectivity index (χ2n) is 26.9. The zero-order valence-corrected chi connectivity index (χ0v) is 61.5. The quantitative estimate of drug-likeness (QED) is 0.0155. The van der Waals surface area contributed by atoms with Gasteiger partial charge in [0.2, 0.25) is 29.5 Å². The molecule has 0 aromatic rings. The number of hydrogen-bond donors (Lipinski definition) is 9. The highest BCUT2D eigenvalue weighted by molar-refractivity contribution is 7.99. The van der Waals surface area contributed by atoms with E-state index in [2.05, 4.69) is 47.4 Å². The predicted molar refractivity (Wildman–Crippen MR) is 391 cm³/mol. The second kappa shape index (κ2) is 68.7. The molecule has 0 unspecified atom stereocenters. The number of carbonyl (C=O) groups is 8. The molecule has 0 aliphatic rings. The zero-order valence-electron chi connectivity index (χ0n) is 60.7. The maximum Gasteiger partial charge on any atom is 0.306 e. The number of aliphatic hydroxyl groups is 1. The van der Waals surface area contributed by atoms with Crippen molar-refractivity contribution in [1.29, 1.82) is 0 Å². The standard InChI is InChI=1S/C75H144N8O11S/c1-4-7-10-13-16-19-22-25-28-31-34-37-40-52-69(86)80-68(75(92)83-67(59-85)74(91)82-66(51-45-48-57-78)73(90)81-65(50-44-47-56-77)72(89)79-63(58-84)49-43-46-55-76)62-95-61-64(94-71(88)54-42-39-36-33-30-27-24-21-18-15-12-9-6-3)60-93-70(87)53-41-38-35-32-29-26-23-20-17-14-11-8-5-2/h58,63-68,85H,4-57,59-62,76-78H2,1-3H3,(H,79,89)(H,80,86)(H,81,90)(H,82,91)(H,83,92)/t63-,64-,65-,66-,67-,68-/m0/s1. The average molecular weight is 1370 g/mol. The maximum absolute atomic E-state index is 14.4. The molecule has 0 aromatic heterocycles. The Bertz CT molecular complexity index is 1870. The van der Waals surface area contributed by atoms with Crippen molar-refractivity contribution >= 4 is 59.5 Å². The fourth-order valence-corrected chi connectivity index (χ4v) is 12.8. The lowest BCUT2D eigenvalue weighted by molar-refractivity contribution is -0.157. The highest BCUT2D eigenvalue weighted by Crippen LogP contribution is 2.19. The molecule has 0 heterocycles. The third-order valence-electron chi connectivity index (χ3n) is 17.9. The largest absolute Gasteiger partial charge is 0.462 e. The first-order chi connectivity index (χ1) is 46.3. The third kappa shape index (κ3) is 56.7. The zero-order chi connectivity index (χ0) is 69.9. The van der Waals surface area contributed by atoms with E-state index in [-0.39, 0.29) is 62.1 Å². The monoisotopic (exact) mass is 1370 g/mol. The highest BCUT2D eigenvalue weighted by atomic mass is 32.2. The van der Waals surface area contributed by atoms with Crippen LogP contribution in [0.3, 0.4) is 0 Å². The Morgan fingerprint density at radius 1 is 0.368 bits per heavy atom. The fraction of sp³-hybridized carbons (Fsp3) is 0.893. The molecule has 556 valence electrons. The van der Waals surface area contributed by atoms with Gasteiger partial charge in [0.25, 0.3) is 0 Å². The van der Waals surface area contributed by atoms with E-state index in [1.54, 1.807) is 0 Å². The normalized spacial score (nSPS) is 13.3. The Balaban J connectivity index is 6.30. The molecule has 19 nitrogen and oxygen atoms in total. The van der Waals surface area contributed by atoms with Crippen LogP contribution in [0.15, 0.2) is 0 Å². The summed E-state index contributed by atoms with van der Waals surface area (Å²) in [4.78, 5) is 108. The molecular formula is C75H144N8O11S. The van der Waals surface area contributed by atoms with Crippen LogP contribution in [-0.2, 0) is 47.8 Å². The summed E-state index contributed by atoms with van der Waals surface area (Å²) in [7, 11) is 0. The van der Waals surface area contributed by atoms with Crippen molar-refractivity contribution < 1.29 is 52.9 Å². The van der Waals surface area contributed by atoms with Gasteiger partial charge < -0.3 is 63.2 Å². The molecule has 0 bridgehead atoms. The van der Waals surface area contributed by atoms with Gasteiger partial charge in [0.15, 0.2) is 0 Å². The van der Waals surface area contributed by atoms with Gasteiger partial charge in [-0.1, -0.05) is 252 Å². The summed E-state index contributed by atoms with van der Waals surface area (Å²) in [6.45, 7) is 6.80. The van der Waals surface area contributed by atoms with E-state index in [4.69, 9.17) is 26.7 Å². The van der Waals surface area contributed by atoms with Crippen LogP contribution in [0, 0.1) is 0 Å². The molecule has 95 heavy (non-hydrogen) atoms. The highest BCUT2D eigenvalue weighted by Gasteiger charge is 2.32. The minimum absolute atomic E-state index is 0.0224. The van der Waals surface area contributed by atoms with Crippen LogP contribution in [0.2, 0.25) is 0 Å². The molecule has 12 N–H and O–H groups in total. The first kappa shape index (κ1) is 91.2. The summed E-state index contributed by atoms with van der Waals surface area (Å²) in [5, 5.41) is 24.3. The number of unbranched alkanes of at least 4 members (excludes halogenated alkanes) is 39. The third-order valence-corrected chi connectivity index (χ3v) is 19.1. The minimum atomic E-state index is -1.56. The molecule has 0 saturated carbocycles. The maximum atomic E-state index is 14.4. The van der Waals surface area contributed by atoms with Crippen LogP contribution in [0.5, 0.6) is 0 Å². The summed E-state index contributed by atoms with van der Waals surface area (Å²) in [5.41, 5.74) is 17.2. The Hall–Kier alpha value is -3.85. The Kier molecular flexibility index (Phi) is 65.9. The van der Waals surface area contributed by atoms with Crippen molar-refractivity contribution in [2.24, 2.45) is 17.2 Å². The summed E-state index contributed by atoms with van der Waals surface area (Å²) >= 11 is 1.23. The van der Waals surface area contributed by atoms with Gasteiger partial charge in [-0.15, -0.1) is 0 Å². The average Bonchev–Trinajstić information content (AvgIpc) is 1.49. The van der Waals surface area contributed by atoms with Crippen LogP contribution in [0.1, 0.15) is 348 Å². The fourth-order valence-electron chi connectivity index (χ4n) is 11.8. The number of amides is 5. The second-order valence-corrected chi connectivity index (χ2v) is 28.0. The number of aldehydes is 1. The van der Waals surface area contributed by atoms with E-state index in [0.717, 1.165) is 64.2 Å². The van der Waals surface area contributed by atoms with E-state index >= 15 is 0 Å². The van der Waals surface area contributed by atoms with E-state index in [1.165, 1.54) is 179 Å². The SMILES string of the molecule is CCCCCCCCCCCCCCCC(=O)N[C@@H](CSC[C@H](COC(=O)CCCCCCCCCCCCCCC)OC(=O)CCCCCCCCCCCCCCC)C(=O)N[C@@H](CO)C(=O)N[C@@H](CCCCN)C(=O)N[C@@H](CCCCN)C(=O)N[C@H](C=O)CCCCN. The summed E-state index contributed by atoms with van der Waals surface area (Å²) in [5.74, 6) is -3.91. The first-order valence-electron chi connectivity index (χ1n) is 38.9. The lowest BCUT2D eigenvalue weighted by Gasteiger charge is -2.26. The number of carbonyl (C=O) groups excluding carboxylic acids is 8. The molecule has 0 aliphatic heterocycles. The number of ether oxygens (including phenoxy) is 2. The number of nitrogens with two attached hydrogens (primary N) is 3. The summed E-state index contributed by atoms with van der Waals surface area (Å²) < 4.78 is 11.7. The molecule has 0 saturated heterocycles. The number of esters is 2. The van der Waals surface area contributed by atoms with Gasteiger partial charge in [-0.05, 0) is 96.7 Å². The Morgan fingerprint density at radius 3 is 1.07 bits per heavy atom. The van der Waals surface area contributed by atoms with Crippen molar-refractivity contribution in [3.05, 3.63) is 0 Å². The van der Waals surface area contributed by atoms with Crippen LogP contribution < -0.4 is 43.8 Å². The van der Waals surface area contributed by atoms with E-state index < -0.39 is 72.5 Å². The molecule has 0 rings (SSSR count). The van der Waals surface area contributed by atoms with Crippen LogP contribution in [-0.4, -0.2) is 134 Å². The van der Waals surface area contributed by atoms with Crippen LogP contribution in [0.4, 0.5) is 0 Å². The van der Waals surface area contributed by atoms with Crippen molar-refractivity contribution in [1.82, 2.24) is 26.6 Å². The molecule has 0 aliphatic carbocycles. The number of thioether (sulfide) groups is 1. The predicted octanol–water partition coefficient (Wildman–Crippen LogP) is 13.6. The summed E-state index contributed by atoms with van der Waals surface area (Å²) in [6, 6.07) is -5.84. The van der Waals surface area contributed by atoms with Gasteiger partial charge in [0.1, 0.15) is 43.2 Å². The van der Waals surface area contributed by atoms with E-state index in [1.807, 2.05) is 0 Å².